The fourth-order valence-corrected chi connectivity index (χ4v) is 2.15. The summed E-state index contributed by atoms with van der Waals surface area (Å²) < 4.78 is 0. The van der Waals surface area contributed by atoms with E-state index >= 15 is 0 Å². The molecule has 0 fully saturated rings. The van der Waals surface area contributed by atoms with Gasteiger partial charge in [-0.2, -0.15) is 0 Å². The molecular formula is C13H18N2O4S. The Hall–Kier alpha value is -1.89. The van der Waals surface area contributed by atoms with Crippen LogP contribution >= 0.6 is 11.3 Å². The van der Waals surface area contributed by atoms with Gasteiger partial charge in [-0.3, -0.25) is 14.4 Å². The van der Waals surface area contributed by atoms with Crippen LogP contribution in [0.4, 0.5) is 0 Å². The van der Waals surface area contributed by atoms with Crippen LogP contribution in [0, 0.1) is 5.92 Å². The van der Waals surface area contributed by atoms with Crippen molar-refractivity contribution < 1.29 is 19.5 Å². The maximum Gasteiger partial charge on any atom is 0.325 e. The van der Waals surface area contributed by atoms with Crippen molar-refractivity contribution in [3.63, 3.8) is 0 Å². The molecule has 1 rings (SSSR count). The van der Waals surface area contributed by atoms with Gasteiger partial charge in [-0.25, -0.2) is 0 Å². The molecule has 7 heteroatoms. The van der Waals surface area contributed by atoms with Crippen molar-refractivity contribution in [2.45, 2.75) is 32.9 Å². The molecule has 1 unspecified atom stereocenters. The minimum atomic E-state index is -1.12. The van der Waals surface area contributed by atoms with Gasteiger partial charge in [-0.15, -0.1) is 11.3 Å². The Labute approximate surface area is 121 Å². The smallest absolute Gasteiger partial charge is 0.325 e. The highest BCUT2D eigenvalue weighted by atomic mass is 32.1. The van der Waals surface area contributed by atoms with Crippen LogP contribution in [-0.2, 0) is 9.59 Å². The van der Waals surface area contributed by atoms with E-state index in [-0.39, 0.29) is 11.8 Å². The van der Waals surface area contributed by atoms with Crippen molar-refractivity contribution in [2.24, 2.45) is 5.92 Å². The van der Waals surface area contributed by atoms with Gasteiger partial charge in [0, 0.05) is 0 Å². The van der Waals surface area contributed by atoms with Crippen LogP contribution in [0.2, 0.25) is 0 Å². The number of carbonyl (C=O) groups is 3. The van der Waals surface area contributed by atoms with E-state index in [1.807, 2.05) is 0 Å². The molecule has 2 atom stereocenters. The Bertz CT molecular complexity index is 485. The molecule has 3 N–H and O–H groups in total. The number of hydrogen-bond donors (Lipinski definition) is 3. The average molecular weight is 298 g/mol. The first-order valence-corrected chi connectivity index (χ1v) is 7.08. The van der Waals surface area contributed by atoms with E-state index in [0.717, 1.165) is 0 Å². The third-order valence-corrected chi connectivity index (χ3v) is 3.58. The molecule has 0 bridgehead atoms. The van der Waals surface area contributed by atoms with Crippen molar-refractivity contribution in [1.82, 2.24) is 10.6 Å². The molecule has 0 aliphatic rings. The maximum absolute atomic E-state index is 12.0. The number of hydrogen-bond acceptors (Lipinski definition) is 4. The number of carboxylic acid groups (broad SMARTS) is 1. The Morgan fingerprint density at radius 1 is 1.20 bits per heavy atom. The molecule has 1 aromatic rings. The molecule has 20 heavy (non-hydrogen) atoms. The topological polar surface area (TPSA) is 95.5 Å². The number of carbonyl (C=O) groups excluding carboxylic acids is 2. The largest absolute Gasteiger partial charge is 0.480 e. The van der Waals surface area contributed by atoms with E-state index in [1.54, 1.807) is 31.4 Å². The van der Waals surface area contributed by atoms with E-state index in [1.165, 1.54) is 18.3 Å². The van der Waals surface area contributed by atoms with Gasteiger partial charge in [0.15, 0.2) is 0 Å². The molecule has 0 aliphatic carbocycles. The summed E-state index contributed by atoms with van der Waals surface area (Å²) in [6.45, 7) is 4.94. The molecule has 0 radical (unpaired) electrons. The second kappa shape index (κ2) is 7.04. The summed E-state index contributed by atoms with van der Waals surface area (Å²) in [7, 11) is 0. The zero-order chi connectivity index (χ0) is 15.3. The van der Waals surface area contributed by atoms with E-state index in [0.29, 0.717) is 4.88 Å². The minimum Gasteiger partial charge on any atom is -0.480 e. The third kappa shape index (κ3) is 4.34. The van der Waals surface area contributed by atoms with Crippen LogP contribution in [0.1, 0.15) is 30.4 Å². The standard InChI is InChI=1S/C13H18N2O4S/c1-7(2)10(12(17)14-8(3)13(18)19)15-11(16)9-5-4-6-20-9/h4-8,10H,1-3H3,(H,14,17)(H,15,16)(H,18,19)/t8-,10?/m0/s1. The first kappa shape index (κ1) is 16.2. The fraction of sp³-hybridized carbons (Fsp3) is 0.462. The van der Waals surface area contributed by atoms with Crippen LogP contribution in [0.25, 0.3) is 0 Å². The minimum absolute atomic E-state index is 0.153. The van der Waals surface area contributed by atoms with Crippen LogP contribution in [-0.4, -0.2) is 35.0 Å². The first-order chi connectivity index (χ1) is 9.32. The van der Waals surface area contributed by atoms with E-state index in [2.05, 4.69) is 10.6 Å². The van der Waals surface area contributed by atoms with Gasteiger partial charge in [0.2, 0.25) is 5.91 Å². The Balaban J connectivity index is 2.72. The monoisotopic (exact) mass is 298 g/mol. The Morgan fingerprint density at radius 3 is 2.30 bits per heavy atom. The maximum atomic E-state index is 12.0. The predicted molar refractivity (Wildman–Crippen MR) is 75.7 cm³/mol. The lowest BCUT2D eigenvalue weighted by Gasteiger charge is -2.22. The number of aliphatic carboxylic acids is 1. The fourth-order valence-electron chi connectivity index (χ4n) is 1.52. The molecule has 0 aromatic carbocycles. The van der Waals surface area contributed by atoms with Gasteiger partial charge in [0.1, 0.15) is 12.1 Å². The highest BCUT2D eigenvalue weighted by Crippen LogP contribution is 2.10. The van der Waals surface area contributed by atoms with Gasteiger partial charge in [-0.1, -0.05) is 19.9 Å². The second-order valence-corrected chi connectivity index (χ2v) is 5.69. The Kier molecular flexibility index (Phi) is 5.69. The molecule has 0 saturated heterocycles. The lowest BCUT2D eigenvalue weighted by molar-refractivity contribution is -0.141. The van der Waals surface area contributed by atoms with Gasteiger partial charge in [-0.05, 0) is 24.3 Å². The number of thiophene rings is 1. The van der Waals surface area contributed by atoms with Crippen LogP contribution < -0.4 is 10.6 Å². The van der Waals surface area contributed by atoms with Gasteiger partial charge in [0.05, 0.1) is 4.88 Å². The van der Waals surface area contributed by atoms with Crippen molar-refractivity contribution in [1.29, 1.82) is 0 Å². The first-order valence-electron chi connectivity index (χ1n) is 6.20. The quantitative estimate of drug-likeness (QED) is 0.732. The van der Waals surface area contributed by atoms with Gasteiger partial charge >= 0.3 is 5.97 Å². The van der Waals surface area contributed by atoms with Crippen molar-refractivity contribution in [3.05, 3.63) is 22.4 Å². The Morgan fingerprint density at radius 2 is 1.85 bits per heavy atom. The molecule has 0 aliphatic heterocycles. The van der Waals surface area contributed by atoms with Crippen LogP contribution in [0.5, 0.6) is 0 Å². The van der Waals surface area contributed by atoms with Gasteiger partial charge < -0.3 is 15.7 Å². The predicted octanol–water partition coefficient (Wildman–Crippen LogP) is 1.09. The van der Waals surface area contributed by atoms with Crippen LogP contribution in [0.3, 0.4) is 0 Å². The molecule has 2 amide bonds. The highest BCUT2D eigenvalue weighted by Gasteiger charge is 2.27. The molecule has 110 valence electrons. The van der Waals surface area contributed by atoms with Crippen molar-refractivity contribution in [3.8, 4) is 0 Å². The summed E-state index contributed by atoms with van der Waals surface area (Å²) in [6.07, 6.45) is 0. The molecule has 1 aromatic heterocycles. The summed E-state index contributed by atoms with van der Waals surface area (Å²) in [4.78, 5) is 35.2. The number of rotatable bonds is 6. The average Bonchev–Trinajstić information content (AvgIpc) is 2.88. The number of nitrogens with one attached hydrogen (secondary N) is 2. The summed E-state index contributed by atoms with van der Waals surface area (Å²) in [6, 6.07) is 1.64. The molecule has 0 spiro atoms. The van der Waals surface area contributed by atoms with Crippen molar-refractivity contribution in [2.75, 3.05) is 0 Å². The van der Waals surface area contributed by atoms with Crippen molar-refractivity contribution >= 4 is 29.1 Å². The summed E-state index contributed by atoms with van der Waals surface area (Å²) in [5.74, 6) is -2.11. The van der Waals surface area contributed by atoms with E-state index in [9.17, 15) is 14.4 Å². The lowest BCUT2D eigenvalue weighted by atomic mass is 10.0. The normalized spacial score (nSPS) is 13.6. The number of amides is 2. The zero-order valence-electron chi connectivity index (χ0n) is 11.5. The SMILES string of the molecule is CC(C)C(NC(=O)c1cccs1)C(=O)N[C@@H](C)C(=O)O. The van der Waals surface area contributed by atoms with Gasteiger partial charge in [0.25, 0.3) is 5.91 Å². The highest BCUT2D eigenvalue weighted by molar-refractivity contribution is 7.12. The lowest BCUT2D eigenvalue weighted by Crippen LogP contribution is -2.52. The molecular weight excluding hydrogens is 280 g/mol. The van der Waals surface area contributed by atoms with Crippen LogP contribution in [0.15, 0.2) is 17.5 Å². The molecule has 1 heterocycles. The molecule has 6 nitrogen and oxygen atoms in total. The van der Waals surface area contributed by atoms with E-state index < -0.39 is 24.0 Å². The molecule has 0 saturated carbocycles. The second-order valence-electron chi connectivity index (χ2n) is 4.74. The summed E-state index contributed by atoms with van der Waals surface area (Å²) in [5.41, 5.74) is 0. The zero-order valence-corrected chi connectivity index (χ0v) is 12.4. The number of carboxylic acids is 1. The summed E-state index contributed by atoms with van der Waals surface area (Å²) in [5, 5.41) is 15.5. The summed E-state index contributed by atoms with van der Waals surface area (Å²) >= 11 is 1.28. The third-order valence-electron chi connectivity index (χ3n) is 2.71. The van der Waals surface area contributed by atoms with E-state index in [4.69, 9.17) is 5.11 Å².